The zero-order chi connectivity index (χ0) is 9.26. The normalized spacial score (nSPS) is 22.0. The average molecular weight is 198 g/mol. The fraction of sp³-hybridized carbons (Fsp3) is 0.500. The molecule has 0 amide bonds. The average Bonchev–Trinajstić information content (AvgIpc) is 2.74. The van der Waals surface area contributed by atoms with Crippen molar-refractivity contribution in [2.24, 2.45) is 0 Å². The molecule has 1 aromatic rings. The van der Waals surface area contributed by atoms with Crippen LogP contribution in [0.1, 0.15) is 23.0 Å². The molecule has 0 aromatic carbocycles. The Bertz CT molecular complexity index is 318. The van der Waals surface area contributed by atoms with Gasteiger partial charge in [-0.2, -0.15) is 11.8 Å². The molecular weight excluding hydrogens is 188 g/mol. The number of aromatic carboxylic acids is 1. The van der Waals surface area contributed by atoms with Crippen molar-refractivity contribution < 1.29 is 9.90 Å². The van der Waals surface area contributed by atoms with Gasteiger partial charge in [0.25, 0.3) is 0 Å². The molecule has 0 radical (unpaired) electrons. The molecule has 2 heterocycles. The molecule has 0 spiro atoms. The van der Waals surface area contributed by atoms with Crippen molar-refractivity contribution >= 4 is 17.7 Å². The van der Waals surface area contributed by atoms with Crippen LogP contribution in [0.15, 0.2) is 12.5 Å². The van der Waals surface area contributed by atoms with Gasteiger partial charge in [0.05, 0.1) is 12.5 Å². The van der Waals surface area contributed by atoms with Crippen LogP contribution in [0.3, 0.4) is 0 Å². The number of thioether (sulfide) groups is 1. The molecule has 0 aliphatic carbocycles. The van der Waals surface area contributed by atoms with Gasteiger partial charge in [-0.1, -0.05) is 0 Å². The Kier molecular flexibility index (Phi) is 2.26. The maximum absolute atomic E-state index is 10.8. The molecule has 1 unspecified atom stereocenters. The summed E-state index contributed by atoms with van der Waals surface area (Å²) in [6.07, 6.45) is 4.06. The highest BCUT2D eigenvalue weighted by atomic mass is 32.2. The second-order valence-electron chi connectivity index (χ2n) is 3.01. The SMILES string of the molecule is O=C(O)c1cncn1C1CCSC1. The molecule has 1 atom stereocenters. The molecule has 4 nitrogen and oxygen atoms in total. The molecule has 0 saturated carbocycles. The maximum Gasteiger partial charge on any atom is 0.354 e. The molecule has 1 aliphatic rings. The lowest BCUT2D eigenvalue weighted by Crippen LogP contribution is -2.13. The third-order valence-electron chi connectivity index (χ3n) is 2.18. The van der Waals surface area contributed by atoms with Crippen molar-refractivity contribution in [2.75, 3.05) is 11.5 Å². The molecule has 1 aliphatic heterocycles. The van der Waals surface area contributed by atoms with E-state index in [-0.39, 0.29) is 0 Å². The van der Waals surface area contributed by atoms with Crippen molar-refractivity contribution in [3.8, 4) is 0 Å². The maximum atomic E-state index is 10.8. The number of aromatic nitrogens is 2. The Morgan fingerprint density at radius 1 is 1.77 bits per heavy atom. The van der Waals surface area contributed by atoms with E-state index in [1.807, 2.05) is 11.8 Å². The van der Waals surface area contributed by atoms with Crippen molar-refractivity contribution in [1.82, 2.24) is 9.55 Å². The number of imidazole rings is 1. The van der Waals surface area contributed by atoms with Gasteiger partial charge in [-0.15, -0.1) is 0 Å². The van der Waals surface area contributed by atoms with Gasteiger partial charge >= 0.3 is 5.97 Å². The zero-order valence-electron chi connectivity index (χ0n) is 7.01. The molecule has 2 rings (SSSR count). The van der Waals surface area contributed by atoms with Crippen molar-refractivity contribution in [1.29, 1.82) is 0 Å². The van der Waals surface area contributed by atoms with Gasteiger partial charge in [0.1, 0.15) is 5.69 Å². The molecule has 1 fully saturated rings. The zero-order valence-corrected chi connectivity index (χ0v) is 7.83. The first-order valence-electron chi connectivity index (χ1n) is 4.12. The first-order chi connectivity index (χ1) is 6.29. The lowest BCUT2D eigenvalue weighted by Gasteiger charge is -2.11. The van der Waals surface area contributed by atoms with Crippen LogP contribution in [0.4, 0.5) is 0 Å². The summed E-state index contributed by atoms with van der Waals surface area (Å²) in [5.74, 6) is 1.22. The molecular formula is C8H10N2O2S. The molecule has 1 N–H and O–H groups in total. The molecule has 1 aromatic heterocycles. The Morgan fingerprint density at radius 3 is 3.23 bits per heavy atom. The van der Waals surface area contributed by atoms with E-state index in [2.05, 4.69) is 4.98 Å². The fourth-order valence-electron chi connectivity index (χ4n) is 1.50. The number of carboxylic acid groups (broad SMARTS) is 1. The van der Waals surface area contributed by atoms with Crippen molar-refractivity contribution in [2.45, 2.75) is 12.5 Å². The van der Waals surface area contributed by atoms with E-state index < -0.39 is 5.97 Å². The lowest BCUT2D eigenvalue weighted by molar-refractivity contribution is 0.0683. The van der Waals surface area contributed by atoms with Crippen LogP contribution in [-0.2, 0) is 0 Å². The van der Waals surface area contributed by atoms with Gasteiger partial charge in [-0.05, 0) is 12.2 Å². The van der Waals surface area contributed by atoms with Gasteiger partial charge in [-0.25, -0.2) is 9.78 Å². The third-order valence-corrected chi connectivity index (χ3v) is 3.33. The highest BCUT2D eigenvalue weighted by Crippen LogP contribution is 2.28. The molecule has 13 heavy (non-hydrogen) atoms. The highest BCUT2D eigenvalue weighted by Gasteiger charge is 2.21. The van der Waals surface area contributed by atoms with E-state index >= 15 is 0 Å². The molecule has 5 heteroatoms. The van der Waals surface area contributed by atoms with E-state index in [0.29, 0.717) is 11.7 Å². The Morgan fingerprint density at radius 2 is 2.62 bits per heavy atom. The number of rotatable bonds is 2. The van der Waals surface area contributed by atoms with Crippen molar-refractivity contribution in [3.05, 3.63) is 18.2 Å². The van der Waals surface area contributed by atoms with Crippen LogP contribution < -0.4 is 0 Å². The van der Waals surface area contributed by atoms with Crippen LogP contribution in [-0.4, -0.2) is 32.1 Å². The summed E-state index contributed by atoms with van der Waals surface area (Å²) in [5, 5.41) is 8.85. The fourth-order valence-corrected chi connectivity index (χ4v) is 2.71. The minimum atomic E-state index is -0.894. The van der Waals surface area contributed by atoms with Crippen LogP contribution in [0.25, 0.3) is 0 Å². The smallest absolute Gasteiger partial charge is 0.354 e. The highest BCUT2D eigenvalue weighted by molar-refractivity contribution is 7.99. The summed E-state index contributed by atoms with van der Waals surface area (Å²) in [5.41, 5.74) is 0.299. The standard InChI is InChI=1S/C8H10N2O2S/c11-8(12)7-3-9-5-10(7)6-1-2-13-4-6/h3,5-6H,1-2,4H2,(H,11,12). The number of hydrogen-bond acceptors (Lipinski definition) is 3. The Hall–Kier alpha value is -0.970. The Balaban J connectivity index is 2.28. The number of carbonyl (C=O) groups is 1. The molecule has 1 saturated heterocycles. The van der Waals surface area contributed by atoms with Crippen LogP contribution in [0.2, 0.25) is 0 Å². The number of nitrogens with zero attached hydrogens (tertiary/aromatic N) is 2. The summed E-state index contributed by atoms with van der Waals surface area (Å²) in [6.45, 7) is 0. The van der Waals surface area contributed by atoms with Crippen LogP contribution in [0, 0.1) is 0 Å². The van der Waals surface area contributed by atoms with Gasteiger partial charge in [0.15, 0.2) is 0 Å². The van der Waals surface area contributed by atoms with Gasteiger partial charge in [0, 0.05) is 11.8 Å². The summed E-state index contributed by atoms with van der Waals surface area (Å²) in [7, 11) is 0. The number of hydrogen-bond donors (Lipinski definition) is 1. The predicted octanol–water partition coefficient (Wildman–Crippen LogP) is 1.26. The second kappa shape index (κ2) is 3.41. The first-order valence-corrected chi connectivity index (χ1v) is 5.27. The Labute approximate surface area is 80.0 Å². The summed E-state index contributed by atoms with van der Waals surface area (Å²) in [6, 6.07) is 0.318. The predicted molar refractivity (Wildman–Crippen MR) is 50.2 cm³/mol. The topological polar surface area (TPSA) is 55.1 Å². The number of carboxylic acids is 1. The largest absolute Gasteiger partial charge is 0.477 e. The summed E-state index contributed by atoms with van der Waals surface area (Å²) >= 11 is 1.86. The van der Waals surface area contributed by atoms with E-state index in [1.165, 1.54) is 6.20 Å². The first kappa shape index (κ1) is 8.62. The van der Waals surface area contributed by atoms with Gasteiger partial charge < -0.3 is 9.67 Å². The summed E-state index contributed by atoms with van der Waals surface area (Å²) < 4.78 is 1.77. The van der Waals surface area contributed by atoms with E-state index in [1.54, 1.807) is 10.9 Å². The third kappa shape index (κ3) is 1.56. The lowest BCUT2D eigenvalue weighted by atomic mass is 10.2. The second-order valence-corrected chi connectivity index (χ2v) is 4.16. The minimum Gasteiger partial charge on any atom is -0.477 e. The molecule has 0 bridgehead atoms. The van der Waals surface area contributed by atoms with E-state index in [4.69, 9.17) is 5.11 Å². The quantitative estimate of drug-likeness (QED) is 0.777. The van der Waals surface area contributed by atoms with Gasteiger partial charge in [0.2, 0.25) is 0 Å². The minimum absolute atomic E-state index is 0.299. The van der Waals surface area contributed by atoms with E-state index in [9.17, 15) is 4.79 Å². The summed E-state index contributed by atoms with van der Waals surface area (Å²) in [4.78, 5) is 14.6. The van der Waals surface area contributed by atoms with Gasteiger partial charge in [-0.3, -0.25) is 0 Å². The van der Waals surface area contributed by atoms with E-state index in [0.717, 1.165) is 17.9 Å². The van der Waals surface area contributed by atoms with Crippen LogP contribution >= 0.6 is 11.8 Å². The monoisotopic (exact) mass is 198 g/mol. The van der Waals surface area contributed by atoms with Crippen LogP contribution in [0.5, 0.6) is 0 Å². The molecule has 70 valence electrons. The van der Waals surface area contributed by atoms with Crippen molar-refractivity contribution in [3.63, 3.8) is 0 Å².